The molecule has 0 spiro atoms. The van der Waals surface area contributed by atoms with Gasteiger partial charge in [0.25, 0.3) is 0 Å². The number of para-hydroxylation sites is 2. The van der Waals surface area contributed by atoms with E-state index in [1.807, 2.05) is 78.9 Å². The van der Waals surface area contributed by atoms with Crippen molar-refractivity contribution in [2.24, 2.45) is 0 Å². The monoisotopic (exact) mass is 444 g/mol. The standard InChI is InChI=1S/C23H17BrN4O/c24-16-10-6-9-15(13-16)21-19(22-25-17-11-4-5-12-18(17)26-22)20(27-23(29)28-21)14-7-2-1-3-8-14/h1-13,21H,(H,25,26)(H2,27,28,29)/t21-/m1/s1. The zero-order valence-corrected chi connectivity index (χ0v) is 16.9. The normalized spacial score (nSPS) is 16.6. The molecule has 6 heteroatoms. The van der Waals surface area contributed by atoms with Crippen molar-refractivity contribution in [1.82, 2.24) is 20.6 Å². The van der Waals surface area contributed by atoms with Crippen LogP contribution in [-0.2, 0) is 0 Å². The number of urea groups is 1. The Morgan fingerprint density at radius 2 is 1.69 bits per heavy atom. The second kappa shape index (κ2) is 7.22. The molecule has 0 radical (unpaired) electrons. The van der Waals surface area contributed by atoms with Gasteiger partial charge in [0.15, 0.2) is 0 Å². The first-order chi connectivity index (χ1) is 14.2. The molecule has 0 fully saturated rings. The summed E-state index contributed by atoms with van der Waals surface area (Å²) in [7, 11) is 0. The van der Waals surface area contributed by atoms with E-state index in [0.29, 0.717) is 0 Å². The summed E-state index contributed by atoms with van der Waals surface area (Å²) in [5.74, 6) is 0.725. The molecule has 1 aromatic heterocycles. The Hall–Kier alpha value is -3.38. The van der Waals surface area contributed by atoms with Gasteiger partial charge in [-0.15, -0.1) is 0 Å². The van der Waals surface area contributed by atoms with Crippen LogP contribution in [0.15, 0.2) is 83.3 Å². The second-order valence-electron chi connectivity index (χ2n) is 6.84. The van der Waals surface area contributed by atoms with Crippen LogP contribution in [0.2, 0.25) is 0 Å². The maximum Gasteiger partial charge on any atom is 0.320 e. The number of halogens is 1. The van der Waals surface area contributed by atoms with Gasteiger partial charge in [0, 0.05) is 10.0 Å². The van der Waals surface area contributed by atoms with Crippen LogP contribution in [0.3, 0.4) is 0 Å². The van der Waals surface area contributed by atoms with Crippen molar-refractivity contribution < 1.29 is 4.79 Å². The van der Waals surface area contributed by atoms with Crippen LogP contribution in [0.5, 0.6) is 0 Å². The smallest absolute Gasteiger partial charge is 0.320 e. The fourth-order valence-corrected chi connectivity index (χ4v) is 4.09. The maximum atomic E-state index is 12.6. The molecule has 0 unspecified atom stereocenters. The first-order valence-electron chi connectivity index (χ1n) is 9.27. The number of imidazole rings is 1. The molecule has 1 atom stereocenters. The number of aromatic nitrogens is 2. The first kappa shape index (κ1) is 17.7. The molecule has 5 rings (SSSR count). The quantitative estimate of drug-likeness (QED) is 0.403. The van der Waals surface area contributed by atoms with E-state index < -0.39 is 0 Å². The largest absolute Gasteiger partial charge is 0.338 e. The third-order valence-electron chi connectivity index (χ3n) is 4.96. The highest BCUT2D eigenvalue weighted by atomic mass is 79.9. The number of rotatable bonds is 3. The number of carbonyl (C=O) groups excluding carboxylic acids is 1. The van der Waals surface area contributed by atoms with Gasteiger partial charge in [0.1, 0.15) is 5.82 Å². The lowest BCUT2D eigenvalue weighted by atomic mass is 9.92. The predicted octanol–water partition coefficient (Wildman–Crippen LogP) is 5.25. The zero-order chi connectivity index (χ0) is 19.8. The lowest BCUT2D eigenvalue weighted by Crippen LogP contribution is -2.43. The molecule has 29 heavy (non-hydrogen) atoms. The molecule has 2 heterocycles. The number of carbonyl (C=O) groups is 1. The van der Waals surface area contributed by atoms with Crippen molar-refractivity contribution in [3.8, 4) is 0 Å². The van der Waals surface area contributed by atoms with Gasteiger partial charge < -0.3 is 15.6 Å². The van der Waals surface area contributed by atoms with Crippen LogP contribution in [0.4, 0.5) is 4.79 Å². The van der Waals surface area contributed by atoms with Crippen molar-refractivity contribution in [2.45, 2.75) is 6.04 Å². The molecule has 0 saturated heterocycles. The number of nitrogens with one attached hydrogen (secondary N) is 3. The van der Waals surface area contributed by atoms with Crippen LogP contribution in [0.25, 0.3) is 22.3 Å². The number of nitrogens with zero attached hydrogens (tertiary/aromatic N) is 1. The fourth-order valence-electron chi connectivity index (χ4n) is 3.67. The van der Waals surface area contributed by atoms with Crippen LogP contribution in [-0.4, -0.2) is 16.0 Å². The molecular weight excluding hydrogens is 428 g/mol. The fraction of sp³-hybridized carbons (Fsp3) is 0.0435. The Labute approximate surface area is 176 Å². The Balaban J connectivity index is 1.78. The van der Waals surface area contributed by atoms with Gasteiger partial charge in [0.05, 0.1) is 22.8 Å². The van der Waals surface area contributed by atoms with Gasteiger partial charge in [-0.25, -0.2) is 9.78 Å². The molecular formula is C23H17BrN4O. The molecule has 3 N–H and O–H groups in total. The lowest BCUT2D eigenvalue weighted by Gasteiger charge is -2.30. The molecule has 1 aliphatic heterocycles. The van der Waals surface area contributed by atoms with E-state index in [0.717, 1.165) is 43.7 Å². The van der Waals surface area contributed by atoms with Crippen LogP contribution >= 0.6 is 15.9 Å². The van der Waals surface area contributed by atoms with Gasteiger partial charge in [0.2, 0.25) is 0 Å². The van der Waals surface area contributed by atoms with Gasteiger partial charge in [-0.3, -0.25) is 0 Å². The highest BCUT2D eigenvalue weighted by Crippen LogP contribution is 2.38. The molecule has 0 saturated carbocycles. The lowest BCUT2D eigenvalue weighted by molar-refractivity contribution is 0.242. The number of amides is 2. The third-order valence-corrected chi connectivity index (χ3v) is 5.45. The van der Waals surface area contributed by atoms with E-state index in [1.165, 1.54) is 0 Å². The van der Waals surface area contributed by atoms with Gasteiger partial charge >= 0.3 is 6.03 Å². The van der Waals surface area contributed by atoms with Gasteiger partial charge in [-0.05, 0) is 35.4 Å². The van der Waals surface area contributed by atoms with Crippen LogP contribution in [0.1, 0.15) is 23.0 Å². The predicted molar refractivity (Wildman–Crippen MR) is 118 cm³/mol. The Morgan fingerprint density at radius 3 is 2.48 bits per heavy atom. The molecule has 3 aromatic carbocycles. The average Bonchev–Trinajstić information content (AvgIpc) is 3.17. The number of H-pyrrole nitrogens is 1. The summed E-state index contributed by atoms with van der Waals surface area (Å²) in [4.78, 5) is 20.8. The second-order valence-corrected chi connectivity index (χ2v) is 7.76. The van der Waals surface area contributed by atoms with Gasteiger partial charge in [-0.1, -0.05) is 70.5 Å². The molecule has 0 aliphatic carbocycles. The van der Waals surface area contributed by atoms with E-state index in [9.17, 15) is 4.79 Å². The number of fused-ring (bicyclic) bond motifs is 1. The number of aromatic amines is 1. The minimum Gasteiger partial charge on any atom is -0.338 e. The Morgan fingerprint density at radius 1 is 0.897 bits per heavy atom. The summed E-state index contributed by atoms with van der Waals surface area (Å²) in [5, 5.41) is 6.06. The van der Waals surface area contributed by atoms with E-state index in [4.69, 9.17) is 4.98 Å². The minimum absolute atomic E-state index is 0.242. The Kier molecular flexibility index (Phi) is 4.41. The van der Waals surface area contributed by atoms with E-state index in [2.05, 4.69) is 31.5 Å². The molecule has 4 aromatic rings. The van der Waals surface area contributed by atoms with E-state index in [1.54, 1.807) is 0 Å². The van der Waals surface area contributed by atoms with Crippen LogP contribution < -0.4 is 10.6 Å². The van der Waals surface area contributed by atoms with E-state index in [-0.39, 0.29) is 12.1 Å². The summed E-state index contributed by atoms with van der Waals surface area (Å²) >= 11 is 3.54. The SMILES string of the molecule is O=C1NC(c2ccccc2)=C(c2nc3ccccc3[nH]2)[C@@H](c2cccc(Br)c2)N1. The zero-order valence-electron chi connectivity index (χ0n) is 15.3. The minimum atomic E-state index is -0.350. The maximum absolute atomic E-state index is 12.6. The summed E-state index contributed by atoms with van der Waals surface area (Å²) in [5.41, 5.74) is 5.37. The average molecular weight is 445 g/mol. The van der Waals surface area contributed by atoms with Crippen LogP contribution in [0, 0.1) is 0 Å². The molecule has 2 amide bonds. The molecule has 5 nitrogen and oxygen atoms in total. The molecule has 1 aliphatic rings. The number of benzene rings is 3. The Bertz CT molecular complexity index is 1210. The highest BCUT2D eigenvalue weighted by Gasteiger charge is 2.31. The summed E-state index contributed by atoms with van der Waals surface area (Å²) in [6.07, 6.45) is 0. The topological polar surface area (TPSA) is 69.8 Å². The summed E-state index contributed by atoms with van der Waals surface area (Å²) < 4.78 is 0.952. The third kappa shape index (κ3) is 3.32. The van der Waals surface area contributed by atoms with Crippen molar-refractivity contribution in [2.75, 3.05) is 0 Å². The molecule has 142 valence electrons. The van der Waals surface area contributed by atoms with Crippen molar-refractivity contribution >= 4 is 44.3 Å². The molecule has 0 bridgehead atoms. The van der Waals surface area contributed by atoms with E-state index >= 15 is 0 Å². The first-order valence-corrected chi connectivity index (χ1v) is 10.1. The number of hydrogen-bond acceptors (Lipinski definition) is 2. The summed E-state index contributed by atoms with van der Waals surface area (Å²) in [6, 6.07) is 25.1. The van der Waals surface area contributed by atoms with Crippen molar-refractivity contribution in [3.05, 3.63) is 100 Å². The summed E-state index contributed by atoms with van der Waals surface area (Å²) in [6.45, 7) is 0. The highest BCUT2D eigenvalue weighted by molar-refractivity contribution is 9.10. The van der Waals surface area contributed by atoms with Crippen molar-refractivity contribution in [3.63, 3.8) is 0 Å². The van der Waals surface area contributed by atoms with Gasteiger partial charge in [-0.2, -0.15) is 0 Å². The van der Waals surface area contributed by atoms with Crippen molar-refractivity contribution in [1.29, 1.82) is 0 Å². The number of hydrogen-bond donors (Lipinski definition) is 3.